The van der Waals surface area contributed by atoms with Crippen molar-refractivity contribution in [3.8, 4) is 0 Å². The van der Waals surface area contributed by atoms with Crippen LogP contribution in [0, 0.1) is 0 Å². The van der Waals surface area contributed by atoms with Crippen molar-refractivity contribution < 1.29 is 39.3 Å². The number of carboxylic acids is 3. The second-order valence-electron chi connectivity index (χ2n) is 5.11. The second kappa shape index (κ2) is 12.1. The number of hydrogen-bond donors (Lipinski definition) is 5. The molecule has 26 heavy (non-hydrogen) atoms. The summed E-state index contributed by atoms with van der Waals surface area (Å²) in [6.07, 6.45) is -1.54. The Kier molecular flexibility index (Phi) is 10.5. The van der Waals surface area contributed by atoms with Crippen molar-refractivity contribution in [3.05, 3.63) is 10.4 Å². The quantitative estimate of drug-likeness (QED) is 0.122. The number of rotatable bonds is 13. The Bertz CT molecular complexity index is 601. The van der Waals surface area contributed by atoms with E-state index in [0.717, 1.165) is 0 Å². The normalized spacial score (nSPS) is 12.2. The number of nitrogens with one attached hydrogen (secondary N) is 2. The van der Waals surface area contributed by atoms with Crippen LogP contribution in [0.5, 0.6) is 0 Å². The standard InChI is InChI=1S/C13H19N5O8/c14-18-15-5-1-2-9(19)17-8(13(25)26)6-10(20)16-7(12(23)24)3-4-11(21)22/h7-8H,1-6H2,(H,16,20)(H,17,19)(H,21,22)(H,23,24)(H,25,26). The maximum absolute atomic E-state index is 11.8. The van der Waals surface area contributed by atoms with Crippen molar-refractivity contribution in [1.82, 2.24) is 10.6 Å². The van der Waals surface area contributed by atoms with Crippen LogP contribution in [0.1, 0.15) is 32.1 Å². The molecule has 0 radical (unpaired) electrons. The van der Waals surface area contributed by atoms with Gasteiger partial charge in [-0.25, -0.2) is 9.59 Å². The van der Waals surface area contributed by atoms with Crippen molar-refractivity contribution in [3.63, 3.8) is 0 Å². The summed E-state index contributed by atoms with van der Waals surface area (Å²) in [6.45, 7) is 0.0476. The molecule has 0 aromatic heterocycles. The van der Waals surface area contributed by atoms with E-state index in [1.165, 1.54) is 0 Å². The highest BCUT2D eigenvalue weighted by molar-refractivity contribution is 5.90. The average Bonchev–Trinajstić information content (AvgIpc) is 2.54. The zero-order chi connectivity index (χ0) is 20.1. The number of nitrogens with zero attached hydrogens (tertiary/aromatic N) is 3. The molecule has 0 bridgehead atoms. The van der Waals surface area contributed by atoms with Gasteiger partial charge in [-0.15, -0.1) is 0 Å². The molecule has 0 aliphatic carbocycles. The van der Waals surface area contributed by atoms with E-state index in [-0.39, 0.29) is 25.8 Å². The van der Waals surface area contributed by atoms with Gasteiger partial charge in [-0.2, -0.15) is 0 Å². The lowest BCUT2D eigenvalue weighted by Crippen LogP contribution is -2.47. The van der Waals surface area contributed by atoms with Crippen molar-refractivity contribution in [1.29, 1.82) is 0 Å². The van der Waals surface area contributed by atoms with Gasteiger partial charge in [0.15, 0.2) is 0 Å². The summed E-state index contributed by atoms with van der Waals surface area (Å²) < 4.78 is 0. The van der Waals surface area contributed by atoms with Gasteiger partial charge in [0, 0.05) is 24.3 Å². The Morgan fingerprint density at radius 2 is 1.50 bits per heavy atom. The number of carbonyl (C=O) groups is 5. The van der Waals surface area contributed by atoms with Gasteiger partial charge in [-0.1, -0.05) is 5.11 Å². The van der Waals surface area contributed by atoms with Crippen LogP contribution in [-0.4, -0.2) is 63.7 Å². The summed E-state index contributed by atoms with van der Waals surface area (Å²) in [5.74, 6) is -5.86. The van der Waals surface area contributed by atoms with Gasteiger partial charge in [0.2, 0.25) is 11.8 Å². The van der Waals surface area contributed by atoms with E-state index in [4.69, 9.17) is 20.9 Å². The minimum Gasteiger partial charge on any atom is -0.481 e. The Labute approximate surface area is 147 Å². The van der Waals surface area contributed by atoms with Crippen LogP contribution < -0.4 is 10.6 Å². The molecule has 0 saturated heterocycles. The maximum Gasteiger partial charge on any atom is 0.326 e. The Hall–Kier alpha value is -3.34. The average molecular weight is 373 g/mol. The molecule has 0 spiro atoms. The fourth-order valence-electron chi connectivity index (χ4n) is 1.79. The smallest absolute Gasteiger partial charge is 0.326 e. The van der Waals surface area contributed by atoms with Gasteiger partial charge in [-0.3, -0.25) is 14.4 Å². The molecule has 0 aliphatic heterocycles. The van der Waals surface area contributed by atoms with E-state index in [0.29, 0.717) is 0 Å². The van der Waals surface area contributed by atoms with E-state index in [1.54, 1.807) is 0 Å². The molecule has 0 rings (SSSR count). The lowest BCUT2D eigenvalue weighted by Gasteiger charge is -2.17. The maximum atomic E-state index is 11.8. The molecule has 2 atom stereocenters. The Morgan fingerprint density at radius 1 is 0.923 bits per heavy atom. The first-order valence-electron chi connectivity index (χ1n) is 7.44. The fraction of sp³-hybridized carbons (Fsp3) is 0.615. The van der Waals surface area contributed by atoms with Crippen LogP contribution in [0.2, 0.25) is 0 Å². The molecular formula is C13H19N5O8. The minimum absolute atomic E-state index is 0.0476. The molecule has 0 saturated carbocycles. The van der Waals surface area contributed by atoms with Crippen molar-refractivity contribution in [2.45, 2.75) is 44.2 Å². The molecular weight excluding hydrogens is 354 g/mol. The van der Waals surface area contributed by atoms with E-state index in [2.05, 4.69) is 15.3 Å². The summed E-state index contributed by atoms with van der Waals surface area (Å²) in [4.78, 5) is 58.5. The molecule has 0 fully saturated rings. The molecule has 0 aliphatic rings. The van der Waals surface area contributed by atoms with Crippen LogP contribution in [0.25, 0.3) is 10.4 Å². The largest absolute Gasteiger partial charge is 0.481 e. The molecule has 2 unspecified atom stereocenters. The van der Waals surface area contributed by atoms with Crippen molar-refractivity contribution in [2.24, 2.45) is 5.11 Å². The van der Waals surface area contributed by atoms with Crippen LogP contribution >= 0.6 is 0 Å². The molecule has 2 amide bonds. The summed E-state index contributed by atoms with van der Waals surface area (Å²) in [6, 6.07) is -3.08. The molecule has 5 N–H and O–H groups in total. The second-order valence-corrected chi connectivity index (χ2v) is 5.11. The van der Waals surface area contributed by atoms with Gasteiger partial charge in [-0.05, 0) is 18.4 Å². The monoisotopic (exact) mass is 373 g/mol. The minimum atomic E-state index is -1.59. The van der Waals surface area contributed by atoms with Gasteiger partial charge >= 0.3 is 17.9 Å². The highest BCUT2D eigenvalue weighted by Gasteiger charge is 2.26. The third-order valence-electron chi connectivity index (χ3n) is 3.03. The van der Waals surface area contributed by atoms with Gasteiger partial charge in [0.1, 0.15) is 12.1 Å². The van der Waals surface area contributed by atoms with Crippen LogP contribution in [0.4, 0.5) is 0 Å². The zero-order valence-electron chi connectivity index (χ0n) is 13.6. The molecule has 144 valence electrons. The number of carboxylic acid groups (broad SMARTS) is 3. The van der Waals surface area contributed by atoms with Crippen molar-refractivity contribution in [2.75, 3.05) is 6.54 Å². The number of amides is 2. The van der Waals surface area contributed by atoms with Crippen LogP contribution in [0.3, 0.4) is 0 Å². The molecule has 0 aromatic rings. The first kappa shape index (κ1) is 22.7. The van der Waals surface area contributed by atoms with E-state index in [9.17, 15) is 24.0 Å². The van der Waals surface area contributed by atoms with E-state index >= 15 is 0 Å². The SMILES string of the molecule is [N-]=[N+]=NCCCC(=O)NC(CC(=O)NC(CCC(=O)O)C(=O)O)C(=O)O. The van der Waals surface area contributed by atoms with Gasteiger partial charge in [0.05, 0.1) is 6.42 Å². The topological polar surface area (TPSA) is 219 Å². The summed E-state index contributed by atoms with van der Waals surface area (Å²) in [5, 5.41) is 33.9. The lowest BCUT2D eigenvalue weighted by atomic mass is 10.1. The molecule has 13 nitrogen and oxygen atoms in total. The number of aliphatic carboxylic acids is 3. The molecule has 13 heteroatoms. The Balaban J connectivity index is 4.62. The lowest BCUT2D eigenvalue weighted by molar-refractivity contribution is -0.145. The summed E-state index contributed by atoms with van der Waals surface area (Å²) >= 11 is 0. The van der Waals surface area contributed by atoms with Crippen LogP contribution in [-0.2, 0) is 24.0 Å². The first-order valence-corrected chi connectivity index (χ1v) is 7.44. The predicted octanol–water partition coefficient (Wildman–Crippen LogP) is -0.529. The third-order valence-corrected chi connectivity index (χ3v) is 3.03. The van der Waals surface area contributed by atoms with Gasteiger partial charge in [0.25, 0.3) is 0 Å². The highest BCUT2D eigenvalue weighted by atomic mass is 16.4. The fourth-order valence-corrected chi connectivity index (χ4v) is 1.79. The predicted molar refractivity (Wildman–Crippen MR) is 83.9 cm³/mol. The number of carbonyl (C=O) groups excluding carboxylic acids is 2. The van der Waals surface area contributed by atoms with E-state index < -0.39 is 54.6 Å². The summed E-state index contributed by atoms with van der Waals surface area (Å²) in [5.41, 5.74) is 8.09. The number of azide groups is 1. The zero-order valence-corrected chi connectivity index (χ0v) is 13.6. The van der Waals surface area contributed by atoms with E-state index in [1.807, 2.05) is 5.32 Å². The summed E-state index contributed by atoms with van der Waals surface area (Å²) in [7, 11) is 0. The number of hydrogen-bond acceptors (Lipinski definition) is 6. The van der Waals surface area contributed by atoms with Crippen LogP contribution in [0.15, 0.2) is 5.11 Å². The highest BCUT2D eigenvalue weighted by Crippen LogP contribution is 2.01. The van der Waals surface area contributed by atoms with Gasteiger partial charge < -0.3 is 26.0 Å². The molecule has 0 heterocycles. The Morgan fingerprint density at radius 3 is 2.00 bits per heavy atom. The first-order chi connectivity index (χ1) is 12.2. The third kappa shape index (κ3) is 10.4. The molecule has 0 aromatic carbocycles. The van der Waals surface area contributed by atoms with Crippen molar-refractivity contribution >= 4 is 29.7 Å².